The van der Waals surface area contributed by atoms with Crippen molar-refractivity contribution in [2.45, 2.75) is 58.0 Å². The molecule has 0 saturated carbocycles. The monoisotopic (exact) mass is 240 g/mol. The van der Waals surface area contributed by atoms with Gasteiger partial charge < -0.3 is 14.9 Å². The van der Waals surface area contributed by atoms with Crippen molar-refractivity contribution in [3.05, 3.63) is 11.6 Å². The molecule has 0 bridgehead atoms. The van der Waals surface area contributed by atoms with E-state index >= 15 is 0 Å². The molecule has 0 unspecified atom stereocenters. The van der Waals surface area contributed by atoms with Crippen molar-refractivity contribution in [3.63, 3.8) is 0 Å². The number of ketones is 1. The highest BCUT2D eigenvalue weighted by Crippen LogP contribution is 2.59. The lowest BCUT2D eigenvalue weighted by Gasteiger charge is -2.36. The van der Waals surface area contributed by atoms with Crippen LogP contribution in [0.3, 0.4) is 0 Å². The predicted octanol–water partition coefficient (Wildman–Crippen LogP) is 0.811. The van der Waals surface area contributed by atoms with Crippen LogP contribution in [0.5, 0.6) is 0 Å². The largest absolute Gasteiger partial charge is 0.391 e. The number of hydrogen-bond donors (Lipinski definition) is 2. The van der Waals surface area contributed by atoms with E-state index in [9.17, 15) is 15.0 Å². The van der Waals surface area contributed by atoms with Gasteiger partial charge in [-0.1, -0.05) is 13.8 Å². The standard InChI is InChI=1S/C13H20O4/c1-7-5-9(15)6-12(3,4)13(7)11(17-13)10(16)8(2)14/h5,8,10-11,14,16H,6H2,1-4H3/t8-,10-,11-,13+/m0/s1. The Morgan fingerprint density at radius 3 is 2.53 bits per heavy atom. The topological polar surface area (TPSA) is 70.1 Å². The van der Waals surface area contributed by atoms with Crippen molar-refractivity contribution >= 4 is 5.78 Å². The molecule has 17 heavy (non-hydrogen) atoms. The lowest BCUT2D eigenvalue weighted by Crippen LogP contribution is -2.45. The average Bonchev–Trinajstić information content (AvgIpc) is 2.89. The van der Waals surface area contributed by atoms with Crippen molar-refractivity contribution in [3.8, 4) is 0 Å². The summed E-state index contributed by atoms with van der Waals surface area (Å²) in [5, 5.41) is 19.3. The number of aliphatic hydroxyl groups is 2. The molecule has 4 heteroatoms. The molecule has 0 aromatic carbocycles. The second kappa shape index (κ2) is 3.64. The minimum atomic E-state index is -0.911. The van der Waals surface area contributed by atoms with Gasteiger partial charge in [-0.05, 0) is 25.5 Å². The van der Waals surface area contributed by atoms with Crippen LogP contribution in [0.4, 0.5) is 0 Å². The van der Waals surface area contributed by atoms with Gasteiger partial charge in [-0.15, -0.1) is 0 Å². The van der Waals surface area contributed by atoms with Gasteiger partial charge in [0.1, 0.15) is 17.8 Å². The van der Waals surface area contributed by atoms with Gasteiger partial charge in [0.05, 0.1) is 6.10 Å². The number of epoxide rings is 1. The first kappa shape index (κ1) is 12.7. The molecule has 1 fully saturated rings. The molecular formula is C13H20O4. The maximum Gasteiger partial charge on any atom is 0.156 e. The minimum Gasteiger partial charge on any atom is -0.391 e. The lowest BCUT2D eigenvalue weighted by molar-refractivity contribution is -0.118. The Balaban J connectivity index is 2.33. The lowest BCUT2D eigenvalue weighted by atomic mass is 9.65. The zero-order valence-electron chi connectivity index (χ0n) is 10.7. The minimum absolute atomic E-state index is 0.0962. The van der Waals surface area contributed by atoms with Gasteiger partial charge >= 0.3 is 0 Å². The summed E-state index contributed by atoms with van der Waals surface area (Å²) in [4.78, 5) is 11.6. The molecule has 1 aliphatic heterocycles. The maximum absolute atomic E-state index is 11.6. The molecule has 0 radical (unpaired) electrons. The van der Waals surface area contributed by atoms with E-state index in [4.69, 9.17) is 4.74 Å². The summed E-state index contributed by atoms with van der Waals surface area (Å²) in [6.07, 6.45) is -0.152. The van der Waals surface area contributed by atoms with Crippen molar-refractivity contribution in [1.29, 1.82) is 0 Å². The Bertz CT molecular complexity index is 383. The van der Waals surface area contributed by atoms with E-state index in [0.717, 1.165) is 5.57 Å². The molecule has 4 atom stereocenters. The smallest absolute Gasteiger partial charge is 0.156 e. The first-order valence-electron chi connectivity index (χ1n) is 5.98. The number of rotatable bonds is 2. The quantitative estimate of drug-likeness (QED) is 0.701. The van der Waals surface area contributed by atoms with E-state index in [-0.39, 0.29) is 11.2 Å². The van der Waals surface area contributed by atoms with E-state index in [1.165, 1.54) is 0 Å². The number of hydrogen-bond acceptors (Lipinski definition) is 4. The van der Waals surface area contributed by atoms with Crippen LogP contribution < -0.4 is 0 Å². The predicted molar refractivity (Wildman–Crippen MR) is 62.5 cm³/mol. The number of carbonyl (C=O) groups is 1. The van der Waals surface area contributed by atoms with E-state index in [1.807, 2.05) is 20.8 Å². The van der Waals surface area contributed by atoms with Crippen LogP contribution in [-0.2, 0) is 9.53 Å². The second-order valence-corrected chi connectivity index (χ2v) is 5.86. The van der Waals surface area contributed by atoms with Gasteiger partial charge in [-0.2, -0.15) is 0 Å². The Morgan fingerprint density at radius 1 is 1.47 bits per heavy atom. The highest BCUT2D eigenvalue weighted by Gasteiger charge is 2.70. The van der Waals surface area contributed by atoms with Gasteiger partial charge in [0, 0.05) is 11.8 Å². The fourth-order valence-electron chi connectivity index (χ4n) is 3.09. The summed E-state index contributed by atoms with van der Waals surface area (Å²) < 4.78 is 5.71. The molecule has 1 heterocycles. The van der Waals surface area contributed by atoms with Gasteiger partial charge in [0.25, 0.3) is 0 Å². The number of aliphatic hydroxyl groups excluding tert-OH is 2. The van der Waals surface area contributed by atoms with Crippen LogP contribution in [0.15, 0.2) is 11.6 Å². The molecule has 1 saturated heterocycles. The Hall–Kier alpha value is -0.710. The summed E-state index contributed by atoms with van der Waals surface area (Å²) >= 11 is 0. The summed E-state index contributed by atoms with van der Waals surface area (Å²) in [5.74, 6) is 0.0962. The molecule has 0 amide bonds. The third-order valence-electron chi connectivity index (χ3n) is 4.05. The van der Waals surface area contributed by atoms with Crippen molar-refractivity contribution in [2.75, 3.05) is 0 Å². The first-order chi connectivity index (χ1) is 7.72. The Morgan fingerprint density at radius 2 is 2.06 bits per heavy atom. The molecular weight excluding hydrogens is 220 g/mol. The normalized spacial score (nSPS) is 38.8. The molecule has 1 spiro atoms. The molecule has 0 aromatic rings. The van der Waals surface area contributed by atoms with Gasteiger partial charge in [-0.25, -0.2) is 0 Å². The number of carbonyl (C=O) groups excluding carboxylic acids is 1. The van der Waals surface area contributed by atoms with E-state index in [2.05, 4.69) is 0 Å². The van der Waals surface area contributed by atoms with Crippen LogP contribution in [0.25, 0.3) is 0 Å². The van der Waals surface area contributed by atoms with Crippen molar-refractivity contribution in [2.24, 2.45) is 5.41 Å². The third kappa shape index (κ3) is 1.66. The molecule has 2 rings (SSSR count). The second-order valence-electron chi connectivity index (χ2n) is 5.86. The van der Waals surface area contributed by atoms with E-state index < -0.39 is 23.9 Å². The van der Waals surface area contributed by atoms with Crippen molar-refractivity contribution < 1.29 is 19.7 Å². The molecule has 4 nitrogen and oxygen atoms in total. The van der Waals surface area contributed by atoms with Crippen LogP contribution in [-0.4, -0.2) is 39.9 Å². The molecule has 1 aliphatic carbocycles. The molecule has 2 aliphatic rings. The third-order valence-corrected chi connectivity index (χ3v) is 4.05. The zero-order chi connectivity index (χ0) is 13.0. The molecule has 2 N–H and O–H groups in total. The average molecular weight is 240 g/mol. The SMILES string of the molecule is CC1=CC(=O)CC(C)(C)[C@@]12O[C@H]2[C@@H](O)[C@H](C)O. The van der Waals surface area contributed by atoms with Crippen LogP contribution in [0, 0.1) is 5.41 Å². The highest BCUT2D eigenvalue weighted by molar-refractivity contribution is 5.93. The summed E-state index contributed by atoms with van der Waals surface area (Å²) in [7, 11) is 0. The number of ether oxygens (including phenoxy) is 1. The van der Waals surface area contributed by atoms with Crippen LogP contribution >= 0.6 is 0 Å². The summed E-state index contributed by atoms with van der Waals surface area (Å²) in [6, 6.07) is 0. The molecule has 96 valence electrons. The fourth-order valence-corrected chi connectivity index (χ4v) is 3.09. The Labute approximate surface area is 101 Å². The van der Waals surface area contributed by atoms with Crippen LogP contribution in [0.1, 0.15) is 34.1 Å². The van der Waals surface area contributed by atoms with Gasteiger partial charge in [0.15, 0.2) is 5.78 Å². The Kier molecular flexibility index (Phi) is 2.73. The fraction of sp³-hybridized carbons (Fsp3) is 0.769. The summed E-state index contributed by atoms with van der Waals surface area (Å²) in [6.45, 7) is 7.33. The van der Waals surface area contributed by atoms with E-state index in [0.29, 0.717) is 6.42 Å². The first-order valence-corrected chi connectivity index (χ1v) is 5.98. The van der Waals surface area contributed by atoms with Crippen LogP contribution in [0.2, 0.25) is 0 Å². The molecule has 0 aromatic heterocycles. The summed E-state index contributed by atoms with van der Waals surface area (Å²) in [5.41, 5.74) is -0.0794. The van der Waals surface area contributed by atoms with Crippen molar-refractivity contribution in [1.82, 2.24) is 0 Å². The van der Waals surface area contributed by atoms with E-state index in [1.54, 1.807) is 13.0 Å². The van der Waals surface area contributed by atoms with Gasteiger partial charge in [-0.3, -0.25) is 4.79 Å². The van der Waals surface area contributed by atoms with Gasteiger partial charge in [0.2, 0.25) is 0 Å². The zero-order valence-corrected chi connectivity index (χ0v) is 10.7. The number of allylic oxidation sites excluding steroid dienone is 1. The maximum atomic E-state index is 11.6. The highest BCUT2D eigenvalue weighted by atomic mass is 16.6.